The Morgan fingerprint density at radius 2 is 1.31 bits per heavy atom. The standard InChI is InChI=1S/C50H74O18/c1-9-10-17-24-34-25-20-14-12-11-13-15-21-26-36(54)63-41-39-35(27-55-46(64-39)33-22-18-16-19-23-33)62-49(66-45-42-38(67-50(7,8)68-42)29(3)57-47(45)61-34)44(41)65-48-43(60-32(6)53)40(59-31(5)52)37(28(2)56-48)58-30(4)51/h16,18-19,22-23,28-29,34-35,37-49H,9-15,17,20-21,24-27H2,1-8H3/t28-,29+,34-,35+,37-,38-,39+,40+,41-,42-,43+,44+,45+,46+,47-,48-,49-/m0/s1. The highest BCUT2D eigenvalue weighted by Crippen LogP contribution is 2.44. The zero-order valence-corrected chi connectivity index (χ0v) is 40.9. The van der Waals surface area contributed by atoms with Gasteiger partial charge in [0.2, 0.25) is 0 Å². The summed E-state index contributed by atoms with van der Waals surface area (Å²) in [7, 11) is 0. The molecule has 6 fully saturated rings. The van der Waals surface area contributed by atoms with Crippen molar-refractivity contribution in [3.8, 4) is 0 Å². The number of carbonyl (C=O) groups is 4. The van der Waals surface area contributed by atoms with Crippen LogP contribution < -0.4 is 0 Å². The van der Waals surface area contributed by atoms with Crippen LogP contribution in [0.2, 0.25) is 0 Å². The summed E-state index contributed by atoms with van der Waals surface area (Å²) in [5.74, 6) is -3.72. The Kier molecular flexibility index (Phi) is 18.7. The maximum Gasteiger partial charge on any atom is 0.306 e. The van der Waals surface area contributed by atoms with Gasteiger partial charge in [0.25, 0.3) is 0 Å². The molecule has 0 spiro atoms. The zero-order chi connectivity index (χ0) is 48.5. The number of esters is 4. The monoisotopic (exact) mass is 962 g/mol. The molecule has 0 radical (unpaired) electrons. The maximum absolute atomic E-state index is 14.2. The van der Waals surface area contributed by atoms with E-state index in [2.05, 4.69) is 6.92 Å². The molecule has 382 valence electrons. The molecular weight excluding hydrogens is 889 g/mol. The van der Waals surface area contributed by atoms with Gasteiger partial charge in [-0.2, -0.15) is 0 Å². The number of benzene rings is 1. The number of rotatable bonds is 10. The Morgan fingerprint density at radius 3 is 2.01 bits per heavy atom. The Morgan fingerprint density at radius 1 is 0.647 bits per heavy atom. The number of carbonyl (C=O) groups excluding carboxylic acids is 4. The number of unbranched alkanes of at least 4 members (excludes halogenated alkanes) is 2. The summed E-state index contributed by atoms with van der Waals surface area (Å²) < 4.78 is 90.9. The highest BCUT2D eigenvalue weighted by Gasteiger charge is 2.61. The van der Waals surface area contributed by atoms with Crippen LogP contribution in [0.5, 0.6) is 0 Å². The van der Waals surface area contributed by atoms with E-state index in [-0.39, 0.29) is 19.1 Å². The molecule has 0 unspecified atom stereocenters. The number of ether oxygens (including phenoxy) is 14. The van der Waals surface area contributed by atoms with Crippen LogP contribution in [0.25, 0.3) is 0 Å². The van der Waals surface area contributed by atoms with Gasteiger partial charge in [-0.05, 0) is 47.0 Å². The molecule has 1 aromatic carbocycles. The minimum absolute atomic E-state index is 0.00676. The lowest BCUT2D eigenvalue weighted by Gasteiger charge is -2.52. The Hall–Kier alpha value is -3.30. The van der Waals surface area contributed by atoms with Gasteiger partial charge < -0.3 is 66.3 Å². The molecule has 0 aromatic heterocycles. The zero-order valence-electron chi connectivity index (χ0n) is 40.9. The Labute approximate surface area is 400 Å². The second-order valence-corrected chi connectivity index (χ2v) is 19.3. The van der Waals surface area contributed by atoms with Gasteiger partial charge in [0.05, 0.1) is 24.9 Å². The second kappa shape index (κ2) is 24.2. The van der Waals surface area contributed by atoms with Gasteiger partial charge in [0, 0.05) is 32.8 Å². The SMILES string of the molecule is CCCCC[C@H]1CCCCCCCCCC(=O)O[C@@H]2[C@@H](O[C@@H]3O[C@@H](C)[C@H](OC(C)=O)[C@@H](OC(C)=O)[C@H]3OC(C)=O)[C@H](O[C@H]3[C@H](O1)O[C@H](C)[C@@H]1OC(C)(C)O[C@@H]13)O[C@@H]1CO[C@@H](c3ccccc3)O[C@@H]21. The van der Waals surface area contributed by atoms with Gasteiger partial charge in [-0.25, -0.2) is 0 Å². The minimum atomic E-state index is -1.55. The van der Waals surface area contributed by atoms with Gasteiger partial charge >= 0.3 is 23.9 Å². The Balaban J connectivity index is 1.32. The molecule has 0 saturated carbocycles. The molecule has 0 N–H and O–H groups in total. The van der Waals surface area contributed by atoms with Crippen molar-refractivity contribution in [3.05, 3.63) is 35.9 Å². The number of hydrogen-bond acceptors (Lipinski definition) is 18. The largest absolute Gasteiger partial charge is 0.456 e. The van der Waals surface area contributed by atoms with E-state index >= 15 is 0 Å². The Bertz CT molecular complexity index is 1800. The summed E-state index contributed by atoms with van der Waals surface area (Å²) in [6.07, 6.45) is -6.01. The van der Waals surface area contributed by atoms with Crippen molar-refractivity contribution >= 4 is 23.9 Å². The van der Waals surface area contributed by atoms with E-state index in [4.69, 9.17) is 66.3 Å². The molecule has 18 heteroatoms. The molecule has 18 nitrogen and oxygen atoms in total. The van der Waals surface area contributed by atoms with E-state index in [1.807, 2.05) is 51.1 Å². The van der Waals surface area contributed by atoms with Crippen molar-refractivity contribution in [3.63, 3.8) is 0 Å². The molecule has 6 heterocycles. The predicted molar refractivity (Wildman–Crippen MR) is 238 cm³/mol. The fourth-order valence-corrected chi connectivity index (χ4v) is 10.1. The molecule has 0 aliphatic carbocycles. The second-order valence-electron chi connectivity index (χ2n) is 19.3. The predicted octanol–water partition coefficient (Wildman–Crippen LogP) is 6.80. The van der Waals surface area contributed by atoms with Crippen LogP contribution in [0.1, 0.15) is 151 Å². The summed E-state index contributed by atoms with van der Waals surface area (Å²) in [5.41, 5.74) is 0.721. The van der Waals surface area contributed by atoms with Gasteiger partial charge in [-0.15, -0.1) is 0 Å². The van der Waals surface area contributed by atoms with Crippen molar-refractivity contribution in [2.24, 2.45) is 0 Å². The van der Waals surface area contributed by atoms with Crippen molar-refractivity contribution in [2.45, 2.75) is 249 Å². The van der Waals surface area contributed by atoms with Crippen LogP contribution >= 0.6 is 0 Å². The van der Waals surface area contributed by atoms with Crippen molar-refractivity contribution < 1.29 is 85.5 Å². The molecule has 7 rings (SSSR count). The average molecular weight is 963 g/mol. The first kappa shape index (κ1) is 52.5. The molecule has 6 saturated heterocycles. The third kappa shape index (κ3) is 13.6. The van der Waals surface area contributed by atoms with Gasteiger partial charge in [0.1, 0.15) is 30.5 Å². The van der Waals surface area contributed by atoms with Crippen LogP contribution in [-0.4, -0.2) is 134 Å². The molecule has 6 aliphatic rings. The molecule has 68 heavy (non-hydrogen) atoms. The lowest BCUT2D eigenvalue weighted by molar-refractivity contribution is -0.410. The van der Waals surface area contributed by atoms with E-state index in [0.29, 0.717) is 6.42 Å². The molecule has 0 amide bonds. The molecule has 1 aromatic rings. The number of fused-ring (bicyclic) bond motifs is 7. The van der Waals surface area contributed by atoms with Crippen LogP contribution in [0.4, 0.5) is 0 Å². The third-order valence-electron chi connectivity index (χ3n) is 13.3. The fourth-order valence-electron chi connectivity index (χ4n) is 10.1. The maximum atomic E-state index is 14.2. The summed E-state index contributed by atoms with van der Waals surface area (Å²) in [6.45, 7) is 12.9. The number of hydrogen-bond donors (Lipinski definition) is 0. The van der Waals surface area contributed by atoms with Gasteiger partial charge in [-0.3, -0.25) is 19.2 Å². The smallest absolute Gasteiger partial charge is 0.306 e. The lowest BCUT2D eigenvalue weighted by atomic mass is 9.95. The van der Waals surface area contributed by atoms with E-state index < -0.39 is 128 Å². The van der Waals surface area contributed by atoms with Crippen molar-refractivity contribution in [2.75, 3.05) is 6.61 Å². The van der Waals surface area contributed by atoms with Crippen molar-refractivity contribution in [1.82, 2.24) is 0 Å². The fraction of sp³-hybridized carbons (Fsp3) is 0.800. The highest BCUT2D eigenvalue weighted by molar-refractivity contribution is 5.70. The highest BCUT2D eigenvalue weighted by atomic mass is 16.8. The van der Waals surface area contributed by atoms with E-state index in [0.717, 1.165) is 76.2 Å². The molecule has 17 atom stereocenters. The normalized spacial score (nSPS) is 39.2. The summed E-state index contributed by atoms with van der Waals surface area (Å²) in [6, 6.07) is 9.34. The van der Waals surface area contributed by atoms with Crippen molar-refractivity contribution in [1.29, 1.82) is 0 Å². The minimum Gasteiger partial charge on any atom is -0.456 e. The first-order valence-electron chi connectivity index (χ1n) is 24.9. The molecule has 6 aliphatic heterocycles. The molecular formula is C50H74O18. The topological polar surface area (TPSA) is 197 Å². The van der Waals surface area contributed by atoms with Gasteiger partial charge in [-0.1, -0.05) is 95.0 Å². The summed E-state index contributed by atoms with van der Waals surface area (Å²) in [5, 5.41) is 0. The van der Waals surface area contributed by atoms with Gasteiger partial charge in [0.15, 0.2) is 61.5 Å². The van der Waals surface area contributed by atoms with Crippen LogP contribution in [0, 0.1) is 0 Å². The quantitative estimate of drug-likeness (QED) is 0.135. The molecule has 2 bridgehead atoms. The summed E-state index contributed by atoms with van der Waals surface area (Å²) >= 11 is 0. The first-order chi connectivity index (χ1) is 32.6. The average Bonchev–Trinajstić information content (AvgIpc) is 3.62. The summed E-state index contributed by atoms with van der Waals surface area (Å²) in [4.78, 5) is 52.1. The third-order valence-corrected chi connectivity index (χ3v) is 13.3. The van der Waals surface area contributed by atoms with Crippen LogP contribution in [0.15, 0.2) is 30.3 Å². The van der Waals surface area contributed by atoms with E-state index in [1.54, 1.807) is 6.92 Å². The first-order valence-corrected chi connectivity index (χ1v) is 24.9. The lowest BCUT2D eigenvalue weighted by Crippen LogP contribution is -2.68. The van der Waals surface area contributed by atoms with E-state index in [9.17, 15) is 19.2 Å². The van der Waals surface area contributed by atoms with Crippen LogP contribution in [-0.2, 0) is 85.5 Å². The van der Waals surface area contributed by atoms with Crippen LogP contribution in [0.3, 0.4) is 0 Å². The van der Waals surface area contributed by atoms with E-state index in [1.165, 1.54) is 20.8 Å².